The van der Waals surface area contributed by atoms with E-state index in [1.807, 2.05) is 6.92 Å². The van der Waals surface area contributed by atoms with Crippen molar-refractivity contribution in [3.63, 3.8) is 0 Å². The summed E-state index contributed by atoms with van der Waals surface area (Å²) in [6.07, 6.45) is 0. The first-order valence-electron chi connectivity index (χ1n) is 5.85. The summed E-state index contributed by atoms with van der Waals surface area (Å²) < 4.78 is 5.24. The van der Waals surface area contributed by atoms with Crippen LogP contribution in [0.15, 0.2) is 18.2 Å². The molecule has 6 nitrogen and oxygen atoms in total. The van der Waals surface area contributed by atoms with Gasteiger partial charge in [-0.2, -0.15) is 0 Å². The van der Waals surface area contributed by atoms with Gasteiger partial charge in [-0.15, -0.1) is 0 Å². The minimum Gasteiger partial charge on any atom is -0.487 e. The van der Waals surface area contributed by atoms with E-state index in [2.05, 4.69) is 5.32 Å². The highest BCUT2D eigenvalue weighted by Crippen LogP contribution is 2.34. The number of aliphatic hydroxyl groups excluding tert-OH is 1. The van der Waals surface area contributed by atoms with Crippen LogP contribution in [0.1, 0.15) is 13.8 Å². The molecule has 1 rings (SSSR count). The number of aliphatic hydroxyl groups is 1. The Morgan fingerprint density at radius 2 is 2.28 bits per heavy atom. The fourth-order valence-corrected chi connectivity index (χ4v) is 1.47. The zero-order valence-electron chi connectivity index (χ0n) is 10.5. The summed E-state index contributed by atoms with van der Waals surface area (Å²) in [7, 11) is 0. The first-order valence-corrected chi connectivity index (χ1v) is 5.85. The summed E-state index contributed by atoms with van der Waals surface area (Å²) in [5, 5.41) is 23.0. The Morgan fingerprint density at radius 3 is 2.83 bits per heavy atom. The molecule has 1 aromatic rings. The van der Waals surface area contributed by atoms with Gasteiger partial charge in [-0.3, -0.25) is 10.1 Å². The normalized spacial score (nSPS) is 11.9. The summed E-state index contributed by atoms with van der Waals surface area (Å²) >= 11 is 0. The number of nitro benzene ring substituents is 1. The SMILES string of the molecule is CCOc1cccc(NCC(C)CO)c1[N+](=O)[O-]. The van der Waals surface area contributed by atoms with Crippen molar-refractivity contribution in [2.24, 2.45) is 5.92 Å². The Labute approximate surface area is 106 Å². The summed E-state index contributed by atoms with van der Waals surface area (Å²) in [5.41, 5.74) is 0.343. The van der Waals surface area contributed by atoms with E-state index in [9.17, 15) is 10.1 Å². The predicted molar refractivity (Wildman–Crippen MR) is 69.0 cm³/mol. The van der Waals surface area contributed by atoms with Crippen LogP contribution >= 0.6 is 0 Å². The van der Waals surface area contributed by atoms with E-state index in [4.69, 9.17) is 9.84 Å². The fourth-order valence-electron chi connectivity index (χ4n) is 1.47. The molecule has 0 aliphatic heterocycles. The lowest BCUT2D eigenvalue weighted by Gasteiger charge is -2.12. The molecule has 0 aromatic heterocycles. The lowest BCUT2D eigenvalue weighted by Crippen LogP contribution is -2.15. The number of nitro groups is 1. The van der Waals surface area contributed by atoms with E-state index >= 15 is 0 Å². The molecule has 1 unspecified atom stereocenters. The standard InChI is InChI=1S/C12H18N2O4/c1-3-18-11-6-4-5-10(12(11)14(16)17)13-7-9(2)8-15/h4-6,9,13,15H,3,7-8H2,1-2H3. The monoisotopic (exact) mass is 254 g/mol. The molecule has 0 bridgehead atoms. The van der Waals surface area contributed by atoms with Crippen molar-refractivity contribution in [3.8, 4) is 5.75 Å². The van der Waals surface area contributed by atoms with E-state index < -0.39 is 4.92 Å². The minimum atomic E-state index is -0.461. The molecule has 0 saturated heterocycles. The van der Waals surface area contributed by atoms with Crippen molar-refractivity contribution in [1.82, 2.24) is 0 Å². The molecule has 0 spiro atoms. The second-order valence-electron chi connectivity index (χ2n) is 4.01. The van der Waals surface area contributed by atoms with E-state index in [0.717, 1.165) is 0 Å². The van der Waals surface area contributed by atoms with Gasteiger partial charge in [0.05, 0.1) is 11.5 Å². The fraction of sp³-hybridized carbons (Fsp3) is 0.500. The molecule has 2 N–H and O–H groups in total. The van der Waals surface area contributed by atoms with Gasteiger partial charge in [0, 0.05) is 13.2 Å². The van der Waals surface area contributed by atoms with Gasteiger partial charge < -0.3 is 15.2 Å². The smallest absolute Gasteiger partial charge is 0.333 e. The zero-order valence-corrected chi connectivity index (χ0v) is 10.5. The highest BCUT2D eigenvalue weighted by molar-refractivity contribution is 5.68. The topological polar surface area (TPSA) is 84.6 Å². The number of hydrogen-bond acceptors (Lipinski definition) is 5. The van der Waals surface area contributed by atoms with Gasteiger partial charge in [-0.05, 0) is 25.0 Å². The van der Waals surface area contributed by atoms with Crippen molar-refractivity contribution >= 4 is 11.4 Å². The maximum atomic E-state index is 11.1. The van der Waals surface area contributed by atoms with Gasteiger partial charge in [-0.1, -0.05) is 13.0 Å². The maximum absolute atomic E-state index is 11.1. The molecule has 0 aliphatic carbocycles. The number of rotatable bonds is 7. The first-order chi connectivity index (χ1) is 8.60. The van der Waals surface area contributed by atoms with Crippen LogP contribution in [-0.4, -0.2) is 29.8 Å². The number of para-hydroxylation sites is 1. The first kappa shape index (κ1) is 14.2. The molecule has 0 saturated carbocycles. The average Bonchev–Trinajstić information content (AvgIpc) is 2.36. The number of benzene rings is 1. The number of nitrogens with one attached hydrogen (secondary N) is 1. The molecule has 6 heteroatoms. The maximum Gasteiger partial charge on any atom is 0.333 e. The van der Waals surface area contributed by atoms with Crippen molar-refractivity contribution in [2.75, 3.05) is 25.1 Å². The molecule has 1 atom stereocenters. The molecule has 0 heterocycles. The third kappa shape index (κ3) is 3.59. The minimum absolute atomic E-state index is 0.0281. The third-order valence-corrected chi connectivity index (χ3v) is 2.43. The largest absolute Gasteiger partial charge is 0.487 e. The van der Waals surface area contributed by atoms with Gasteiger partial charge in [0.25, 0.3) is 0 Å². The van der Waals surface area contributed by atoms with E-state index in [1.165, 1.54) is 0 Å². The Hall–Kier alpha value is -1.82. The molecule has 0 fully saturated rings. The average molecular weight is 254 g/mol. The van der Waals surface area contributed by atoms with Crippen LogP contribution in [-0.2, 0) is 0 Å². The highest BCUT2D eigenvalue weighted by atomic mass is 16.6. The molecule has 18 heavy (non-hydrogen) atoms. The van der Waals surface area contributed by atoms with Crippen LogP contribution in [0.25, 0.3) is 0 Å². The quantitative estimate of drug-likeness (QED) is 0.574. The van der Waals surface area contributed by atoms with Crippen LogP contribution in [0, 0.1) is 16.0 Å². The van der Waals surface area contributed by atoms with Gasteiger partial charge in [0.1, 0.15) is 5.69 Å². The van der Waals surface area contributed by atoms with E-state index in [0.29, 0.717) is 18.8 Å². The van der Waals surface area contributed by atoms with Gasteiger partial charge >= 0.3 is 5.69 Å². The lowest BCUT2D eigenvalue weighted by molar-refractivity contribution is -0.384. The molecule has 0 radical (unpaired) electrons. The Kier molecular flexibility index (Phi) is 5.38. The Balaban J connectivity index is 2.95. The summed E-state index contributed by atoms with van der Waals surface area (Å²) in [4.78, 5) is 10.6. The van der Waals surface area contributed by atoms with Crippen molar-refractivity contribution in [2.45, 2.75) is 13.8 Å². The lowest BCUT2D eigenvalue weighted by atomic mass is 10.2. The molecule has 0 amide bonds. The Morgan fingerprint density at radius 1 is 1.56 bits per heavy atom. The van der Waals surface area contributed by atoms with Crippen LogP contribution in [0.4, 0.5) is 11.4 Å². The second-order valence-corrected chi connectivity index (χ2v) is 4.01. The van der Waals surface area contributed by atoms with Gasteiger partial charge in [0.15, 0.2) is 5.75 Å². The predicted octanol–water partition coefficient (Wildman–Crippen LogP) is 2.03. The summed E-state index contributed by atoms with van der Waals surface area (Å²) in [6, 6.07) is 4.90. The van der Waals surface area contributed by atoms with Crippen LogP contribution in [0.3, 0.4) is 0 Å². The molecule has 0 aliphatic rings. The van der Waals surface area contributed by atoms with Gasteiger partial charge in [-0.25, -0.2) is 0 Å². The molecule has 100 valence electrons. The van der Waals surface area contributed by atoms with Crippen LogP contribution in [0.5, 0.6) is 5.75 Å². The number of ether oxygens (including phenoxy) is 1. The van der Waals surface area contributed by atoms with Gasteiger partial charge in [0.2, 0.25) is 0 Å². The number of nitrogens with zero attached hydrogens (tertiary/aromatic N) is 1. The number of anilines is 1. The highest BCUT2D eigenvalue weighted by Gasteiger charge is 2.20. The van der Waals surface area contributed by atoms with Crippen molar-refractivity contribution < 1.29 is 14.8 Å². The molecular weight excluding hydrogens is 236 g/mol. The second kappa shape index (κ2) is 6.80. The van der Waals surface area contributed by atoms with E-state index in [1.54, 1.807) is 25.1 Å². The Bertz CT molecular complexity index is 409. The van der Waals surface area contributed by atoms with Crippen LogP contribution < -0.4 is 10.1 Å². The number of hydrogen-bond donors (Lipinski definition) is 2. The summed E-state index contributed by atoms with van der Waals surface area (Å²) in [6.45, 7) is 4.50. The van der Waals surface area contributed by atoms with Crippen molar-refractivity contribution in [1.29, 1.82) is 0 Å². The third-order valence-electron chi connectivity index (χ3n) is 2.43. The van der Waals surface area contributed by atoms with Crippen molar-refractivity contribution in [3.05, 3.63) is 28.3 Å². The van der Waals surface area contributed by atoms with E-state index in [-0.39, 0.29) is 24.0 Å². The molecular formula is C12H18N2O4. The van der Waals surface area contributed by atoms with Crippen LogP contribution in [0.2, 0.25) is 0 Å². The zero-order chi connectivity index (χ0) is 13.5. The summed E-state index contributed by atoms with van der Waals surface area (Å²) in [5.74, 6) is 0.282. The molecule has 1 aromatic carbocycles.